The Hall–Kier alpha value is -2.50. The molecule has 0 spiro atoms. The van der Waals surface area contributed by atoms with Crippen LogP contribution in [0.25, 0.3) is 11.4 Å². The van der Waals surface area contributed by atoms with Crippen LogP contribution in [-0.4, -0.2) is 25.4 Å². The van der Waals surface area contributed by atoms with Crippen LogP contribution in [0.3, 0.4) is 0 Å². The Kier molecular flexibility index (Phi) is 2.83. The van der Waals surface area contributed by atoms with Crippen molar-refractivity contribution in [3.05, 3.63) is 47.3 Å². The van der Waals surface area contributed by atoms with Gasteiger partial charge in [-0.3, -0.25) is 0 Å². The first-order valence-corrected chi connectivity index (χ1v) is 5.98. The molecule has 1 aromatic carbocycles. The Morgan fingerprint density at radius 1 is 1.21 bits per heavy atom. The van der Waals surface area contributed by atoms with Crippen LogP contribution in [0.15, 0.2) is 34.9 Å². The maximum Gasteiger partial charge on any atom is 0.205 e. The van der Waals surface area contributed by atoms with Gasteiger partial charge < -0.3 is 4.52 Å². The van der Waals surface area contributed by atoms with Gasteiger partial charge in [0.25, 0.3) is 0 Å². The van der Waals surface area contributed by atoms with Crippen LogP contribution in [0.1, 0.15) is 17.0 Å². The van der Waals surface area contributed by atoms with E-state index in [0.29, 0.717) is 12.4 Å². The smallest absolute Gasteiger partial charge is 0.205 e. The summed E-state index contributed by atoms with van der Waals surface area (Å²) >= 11 is 0. The van der Waals surface area contributed by atoms with Gasteiger partial charge in [0.05, 0.1) is 0 Å². The van der Waals surface area contributed by atoms with Gasteiger partial charge >= 0.3 is 0 Å². The van der Waals surface area contributed by atoms with Crippen molar-refractivity contribution in [1.29, 1.82) is 0 Å². The Morgan fingerprint density at radius 2 is 2.05 bits per heavy atom. The number of aryl methyl sites for hydroxylation is 2. The monoisotopic (exact) mass is 255 g/mol. The van der Waals surface area contributed by atoms with Gasteiger partial charge in [-0.15, -0.1) is 10.2 Å². The van der Waals surface area contributed by atoms with E-state index in [1.807, 2.05) is 44.2 Å². The van der Waals surface area contributed by atoms with E-state index >= 15 is 0 Å². The first-order valence-electron chi connectivity index (χ1n) is 5.98. The van der Waals surface area contributed by atoms with Crippen LogP contribution >= 0.6 is 0 Å². The maximum absolute atomic E-state index is 5.01. The Morgan fingerprint density at radius 3 is 2.79 bits per heavy atom. The zero-order valence-corrected chi connectivity index (χ0v) is 10.7. The lowest BCUT2D eigenvalue weighted by Gasteiger charge is -1.98. The first kappa shape index (κ1) is 11.6. The summed E-state index contributed by atoms with van der Waals surface area (Å²) in [6.45, 7) is 4.33. The summed E-state index contributed by atoms with van der Waals surface area (Å²) in [6.07, 6.45) is 0. The van der Waals surface area contributed by atoms with Gasteiger partial charge in [-0.25, -0.2) is 0 Å². The molecule has 96 valence electrons. The highest BCUT2D eigenvalue weighted by molar-refractivity contribution is 5.58. The minimum absolute atomic E-state index is 0.455. The van der Waals surface area contributed by atoms with E-state index in [1.54, 1.807) is 0 Å². The molecule has 6 nitrogen and oxygen atoms in total. The van der Waals surface area contributed by atoms with Crippen molar-refractivity contribution in [2.75, 3.05) is 0 Å². The highest BCUT2D eigenvalue weighted by Crippen LogP contribution is 2.17. The molecule has 2 heterocycles. The van der Waals surface area contributed by atoms with E-state index in [2.05, 4.69) is 20.6 Å². The summed E-state index contributed by atoms with van der Waals surface area (Å²) in [7, 11) is 0. The highest BCUT2D eigenvalue weighted by atomic mass is 16.5. The molecular formula is C13H13N5O. The topological polar surface area (TPSA) is 69.6 Å². The van der Waals surface area contributed by atoms with E-state index in [4.69, 9.17) is 4.52 Å². The molecule has 0 aliphatic rings. The lowest BCUT2D eigenvalue weighted by molar-refractivity contribution is 0.385. The van der Waals surface area contributed by atoms with Crippen LogP contribution in [0, 0.1) is 13.8 Å². The zero-order chi connectivity index (χ0) is 13.2. The molecule has 6 heteroatoms. The largest absolute Gasteiger partial charge is 0.361 e. The third-order valence-electron chi connectivity index (χ3n) is 2.82. The van der Waals surface area contributed by atoms with E-state index in [1.165, 1.54) is 4.80 Å². The molecular weight excluding hydrogens is 242 g/mol. The third-order valence-corrected chi connectivity index (χ3v) is 2.82. The molecule has 0 atom stereocenters. The molecule has 3 aromatic rings. The number of benzene rings is 1. The summed E-state index contributed by atoms with van der Waals surface area (Å²) in [5.41, 5.74) is 2.90. The lowest BCUT2D eigenvalue weighted by Crippen LogP contribution is -2.04. The van der Waals surface area contributed by atoms with Crippen molar-refractivity contribution in [2.45, 2.75) is 20.4 Å². The van der Waals surface area contributed by atoms with Crippen LogP contribution in [0.5, 0.6) is 0 Å². The summed E-state index contributed by atoms with van der Waals surface area (Å²) < 4.78 is 5.01. The van der Waals surface area contributed by atoms with Crippen molar-refractivity contribution < 1.29 is 4.52 Å². The molecule has 0 aliphatic heterocycles. The van der Waals surface area contributed by atoms with Gasteiger partial charge in [-0.05, 0) is 24.6 Å². The molecule has 0 bridgehead atoms. The Labute approximate surface area is 110 Å². The molecule has 0 aliphatic carbocycles. The van der Waals surface area contributed by atoms with Gasteiger partial charge in [0.1, 0.15) is 18.0 Å². The predicted octanol–water partition coefficient (Wildman–Crippen LogP) is 1.99. The molecule has 0 saturated carbocycles. The lowest BCUT2D eigenvalue weighted by atomic mass is 10.1. The highest BCUT2D eigenvalue weighted by Gasteiger charge is 2.09. The normalized spacial score (nSPS) is 10.8. The minimum Gasteiger partial charge on any atom is -0.361 e. The summed E-state index contributed by atoms with van der Waals surface area (Å²) in [5, 5.41) is 16.4. The molecule has 0 amide bonds. The summed E-state index contributed by atoms with van der Waals surface area (Å²) in [5.74, 6) is 1.40. The quantitative estimate of drug-likeness (QED) is 0.715. The van der Waals surface area contributed by atoms with Crippen LogP contribution in [-0.2, 0) is 6.54 Å². The van der Waals surface area contributed by atoms with Crippen molar-refractivity contribution in [3.8, 4) is 11.4 Å². The molecule has 19 heavy (non-hydrogen) atoms. The van der Waals surface area contributed by atoms with Crippen LogP contribution in [0.4, 0.5) is 0 Å². The number of hydrogen-bond acceptors (Lipinski definition) is 5. The fourth-order valence-corrected chi connectivity index (χ4v) is 1.88. The van der Waals surface area contributed by atoms with Crippen molar-refractivity contribution >= 4 is 0 Å². The SMILES string of the molecule is Cc1cc(Cn2nnc(-c3ccccc3C)n2)no1. The summed E-state index contributed by atoms with van der Waals surface area (Å²) in [4.78, 5) is 1.51. The van der Waals surface area contributed by atoms with Gasteiger partial charge in [-0.1, -0.05) is 29.4 Å². The molecule has 0 radical (unpaired) electrons. The minimum atomic E-state index is 0.455. The zero-order valence-electron chi connectivity index (χ0n) is 10.7. The second kappa shape index (κ2) is 4.64. The van der Waals surface area contributed by atoms with Gasteiger partial charge in [-0.2, -0.15) is 4.80 Å². The second-order valence-corrected chi connectivity index (χ2v) is 4.39. The van der Waals surface area contributed by atoms with Gasteiger partial charge in [0, 0.05) is 11.6 Å². The number of tetrazole rings is 1. The average Bonchev–Trinajstić information content (AvgIpc) is 3.00. The molecule has 2 aromatic heterocycles. The van der Waals surface area contributed by atoms with Gasteiger partial charge in [0.2, 0.25) is 5.82 Å². The van der Waals surface area contributed by atoms with Crippen molar-refractivity contribution in [2.24, 2.45) is 0 Å². The molecule has 0 saturated heterocycles. The van der Waals surface area contributed by atoms with Crippen LogP contribution < -0.4 is 0 Å². The number of rotatable bonds is 3. The molecule has 0 fully saturated rings. The Bertz CT molecular complexity index is 700. The molecule has 3 rings (SSSR count). The van der Waals surface area contributed by atoms with E-state index < -0.39 is 0 Å². The van der Waals surface area contributed by atoms with Gasteiger partial charge in [0.15, 0.2) is 0 Å². The standard InChI is InChI=1S/C13H13N5O/c1-9-5-3-4-6-12(9)13-14-17-18(15-13)8-11-7-10(2)19-16-11/h3-7H,8H2,1-2H3. The third kappa shape index (κ3) is 2.37. The number of aromatic nitrogens is 5. The maximum atomic E-state index is 5.01. The van der Waals surface area contributed by atoms with E-state index in [0.717, 1.165) is 22.6 Å². The average molecular weight is 255 g/mol. The number of hydrogen-bond donors (Lipinski definition) is 0. The number of nitrogens with zero attached hydrogens (tertiary/aromatic N) is 5. The van der Waals surface area contributed by atoms with E-state index in [-0.39, 0.29) is 0 Å². The molecule has 0 N–H and O–H groups in total. The van der Waals surface area contributed by atoms with Crippen molar-refractivity contribution in [1.82, 2.24) is 25.4 Å². The second-order valence-electron chi connectivity index (χ2n) is 4.39. The van der Waals surface area contributed by atoms with E-state index in [9.17, 15) is 0 Å². The first-order chi connectivity index (χ1) is 9.22. The predicted molar refractivity (Wildman–Crippen MR) is 68.3 cm³/mol. The van der Waals surface area contributed by atoms with Crippen LogP contribution in [0.2, 0.25) is 0 Å². The molecule has 0 unspecified atom stereocenters. The fraction of sp³-hybridized carbons (Fsp3) is 0.231. The fourth-order valence-electron chi connectivity index (χ4n) is 1.88. The van der Waals surface area contributed by atoms with Crippen molar-refractivity contribution in [3.63, 3.8) is 0 Å². The summed E-state index contributed by atoms with van der Waals surface area (Å²) in [6, 6.07) is 9.82. The Balaban J connectivity index is 1.86.